The molecule has 216 valence electrons. The van der Waals surface area contributed by atoms with Crippen LogP contribution in [0.25, 0.3) is 16.9 Å². The number of halogens is 1. The number of aromatic nitrogens is 3. The van der Waals surface area contributed by atoms with Crippen molar-refractivity contribution in [2.45, 2.75) is 44.9 Å². The van der Waals surface area contributed by atoms with Crippen LogP contribution in [0.15, 0.2) is 48.8 Å². The predicted molar refractivity (Wildman–Crippen MR) is 156 cm³/mol. The first-order valence-corrected chi connectivity index (χ1v) is 13.8. The molecule has 2 atom stereocenters. The SMILES string of the molecule is CN(C)Cc1nc(Nc2ccc(-c3cnc4cc(F)ccn34)c3c2C(O)NC3)ccc1N1CCO[C@H](C(C)(C)O)C1. The smallest absolute Gasteiger partial charge is 0.140 e. The summed E-state index contributed by atoms with van der Waals surface area (Å²) in [5.41, 5.74) is 5.68. The Morgan fingerprint density at radius 2 is 2.05 bits per heavy atom. The number of nitrogens with zero attached hydrogens (tertiary/aromatic N) is 5. The van der Waals surface area contributed by atoms with E-state index >= 15 is 0 Å². The number of hydrogen-bond donors (Lipinski definition) is 4. The van der Waals surface area contributed by atoms with Crippen molar-refractivity contribution < 1.29 is 19.3 Å². The van der Waals surface area contributed by atoms with Gasteiger partial charge >= 0.3 is 0 Å². The summed E-state index contributed by atoms with van der Waals surface area (Å²) in [7, 11) is 4.01. The Kier molecular flexibility index (Phi) is 7.16. The molecule has 1 fully saturated rings. The normalized spacial score (nSPS) is 19.3. The van der Waals surface area contributed by atoms with Crippen molar-refractivity contribution in [3.63, 3.8) is 0 Å². The Morgan fingerprint density at radius 1 is 1.22 bits per heavy atom. The summed E-state index contributed by atoms with van der Waals surface area (Å²) < 4.78 is 21.4. The third-order valence-corrected chi connectivity index (χ3v) is 7.73. The van der Waals surface area contributed by atoms with Crippen molar-refractivity contribution in [3.05, 3.63) is 71.4 Å². The Labute approximate surface area is 238 Å². The molecule has 0 spiro atoms. The van der Waals surface area contributed by atoms with E-state index in [0.717, 1.165) is 39.5 Å². The van der Waals surface area contributed by atoms with Gasteiger partial charge in [0.05, 0.1) is 35.5 Å². The maximum absolute atomic E-state index is 13.7. The number of anilines is 3. The zero-order valence-electron chi connectivity index (χ0n) is 23.7. The van der Waals surface area contributed by atoms with Gasteiger partial charge in [0, 0.05) is 55.3 Å². The summed E-state index contributed by atoms with van der Waals surface area (Å²) in [5, 5.41) is 28.0. The molecule has 3 aromatic heterocycles. The molecule has 1 saturated heterocycles. The average molecular weight is 562 g/mol. The summed E-state index contributed by atoms with van der Waals surface area (Å²) in [6.07, 6.45) is 2.24. The highest BCUT2D eigenvalue weighted by molar-refractivity contribution is 5.76. The van der Waals surface area contributed by atoms with E-state index in [0.29, 0.717) is 44.3 Å². The van der Waals surface area contributed by atoms with Crippen molar-refractivity contribution in [3.8, 4) is 11.3 Å². The molecule has 4 N–H and O–H groups in total. The fourth-order valence-corrected chi connectivity index (χ4v) is 5.67. The lowest BCUT2D eigenvalue weighted by Gasteiger charge is -2.40. The predicted octanol–water partition coefficient (Wildman–Crippen LogP) is 3.41. The molecule has 5 heterocycles. The Bertz CT molecular complexity index is 1580. The standard InChI is InChI=1S/C30H36FN7O3/c1-30(2,40)25-17-37(11-12-41-25)23-7-8-26(35-22(23)16-36(3)4)34-21-6-5-19(20-14-33-29(39)28(20)21)24-15-32-27-13-18(31)9-10-38(24)27/h5-10,13,15,25,29,33,39-40H,11-12,14,16-17H2,1-4H3,(H,34,35)/t25-,29?/m0/s1. The second-order valence-electron chi connectivity index (χ2n) is 11.5. The minimum Gasteiger partial charge on any atom is -0.388 e. The van der Waals surface area contributed by atoms with E-state index in [1.807, 2.05) is 36.7 Å². The van der Waals surface area contributed by atoms with Crippen LogP contribution in [-0.4, -0.2) is 75.0 Å². The number of pyridine rings is 2. The van der Waals surface area contributed by atoms with Crippen LogP contribution in [0, 0.1) is 5.82 Å². The van der Waals surface area contributed by atoms with Crippen molar-refractivity contribution in [2.24, 2.45) is 0 Å². The Balaban J connectivity index is 1.33. The molecular formula is C30H36FN7O3. The first-order chi connectivity index (χ1) is 19.6. The Hall–Kier alpha value is -3.61. The van der Waals surface area contributed by atoms with Crippen LogP contribution >= 0.6 is 0 Å². The molecular weight excluding hydrogens is 525 g/mol. The summed E-state index contributed by atoms with van der Waals surface area (Å²) in [5.74, 6) is 0.326. The summed E-state index contributed by atoms with van der Waals surface area (Å²) in [4.78, 5) is 13.7. The van der Waals surface area contributed by atoms with E-state index in [1.165, 1.54) is 12.1 Å². The summed E-state index contributed by atoms with van der Waals surface area (Å²) in [6.45, 7) is 6.47. The third-order valence-electron chi connectivity index (χ3n) is 7.73. The van der Waals surface area contributed by atoms with Crippen LogP contribution in [0.2, 0.25) is 0 Å². The van der Waals surface area contributed by atoms with Crippen molar-refractivity contribution in [1.29, 1.82) is 0 Å². The highest BCUT2D eigenvalue weighted by Gasteiger charge is 2.33. The molecule has 2 aliphatic rings. The van der Waals surface area contributed by atoms with E-state index < -0.39 is 11.8 Å². The largest absolute Gasteiger partial charge is 0.388 e. The van der Waals surface area contributed by atoms with E-state index in [2.05, 4.69) is 31.5 Å². The minimum atomic E-state index is -0.948. The number of rotatable bonds is 7. The molecule has 1 aromatic carbocycles. The lowest BCUT2D eigenvalue weighted by atomic mass is 9.98. The van der Waals surface area contributed by atoms with Crippen LogP contribution in [0.1, 0.15) is 36.9 Å². The molecule has 0 bridgehead atoms. The Morgan fingerprint density at radius 3 is 2.83 bits per heavy atom. The first kappa shape index (κ1) is 27.6. The fourth-order valence-electron chi connectivity index (χ4n) is 5.67. The molecule has 0 saturated carbocycles. The van der Waals surface area contributed by atoms with Gasteiger partial charge < -0.3 is 30.1 Å². The van der Waals surface area contributed by atoms with Crippen LogP contribution in [0.4, 0.5) is 21.6 Å². The molecule has 4 aromatic rings. The number of imidazole rings is 1. The van der Waals surface area contributed by atoms with Gasteiger partial charge in [-0.2, -0.15) is 0 Å². The van der Waals surface area contributed by atoms with Gasteiger partial charge in [0.15, 0.2) is 0 Å². The van der Waals surface area contributed by atoms with Gasteiger partial charge in [-0.15, -0.1) is 0 Å². The number of fused-ring (bicyclic) bond motifs is 2. The molecule has 11 heteroatoms. The number of aliphatic hydroxyl groups excluding tert-OH is 1. The molecule has 0 aliphatic carbocycles. The third kappa shape index (κ3) is 5.39. The number of morpholine rings is 1. The van der Waals surface area contributed by atoms with Gasteiger partial charge in [0.25, 0.3) is 0 Å². The average Bonchev–Trinajstić information content (AvgIpc) is 3.52. The molecule has 41 heavy (non-hydrogen) atoms. The second kappa shape index (κ2) is 10.7. The van der Waals surface area contributed by atoms with Gasteiger partial charge in [0.2, 0.25) is 0 Å². The number of ether oxygens (including phenoxy) is 1. The summed E-state index contributed by atoms with van der Waals surface area (Å²) in [6, 6.07) is 10.7. The molecule has 1 unspecified atom stereocenters. The quantitative estimate of drug-likeness (QED) is 0.270. The molecule has 2 aliphatic heterocycles. The molecule has 10 nitrogen and oxygen atoms in total. The fraction of sp³-hybridized carbons (Fsp3) is 0.400. The van der Waals surface area contributed by atoms with Crippen molar-refractivity contribution in [1.82, 2.24) is 24.6 Å². The van der Waals surface area contributed by atoms with Crippen LogP contribution < -0.4 is 15.5 Å². The zero-order valence-corrected chi connectivity index (χ0v) is 23.7. The van der Waals surface area contributed by atoms with E-state index in [-0.39, 0.29) is 11.9 Å². The van der Waals surface area contributed by atoms with E-state index in [1.54, 1.807) is 26.2 Å². The summed E-state index contributed by atoms with van der Waals surface area (Å²) >= 11 is 0. The minimum absolute atomic E-state index is 0.303. The molecule has 0 radical (unpaired) electrons. The van der Waals surface area contributed by atoms with E-state index in [4.69, 9.17) is 9.72 Å². The maximum Gasteiger partial charge on any atom is 0.140 e. The zero-order chi connectivity index (χ0) is 28.9. The molecule has 0 amide bonds. The number of nitrogens with one attached hydrogen (secondary N) is 2. The second-order valence-corrected chi connectivity index (χ2v) is 11.5. The van der Waals surface area contributed by atoms with Crippen LogP contribution in [-0.2, 0) is 17.8 Å². The first-order valence-electron chi connectivity index (χ1n) is 13.8. The topological polar surface area (TPSA) is 110 Å². The number of aliphatic hydroxyl groups is 2. The van der Waals surface area contributed by atoms with E-state index in [9.17, 15) is 14.6 Å². The highest BCUT2D eigenvalue weighted by atomic mass is 19.1. The van der Waals surface area contributed by atoms with Gasteiger partial charge in [-0.05, 0) is 57.8 Å². The van der Waals surface area contributed by atoms with Crippen molar-refractivity contribution >= 4 is 22.8 Å². The maximum atomic E-state index is 13.7. The van der Waals surface area contributed by atoms with Gasteiger partial charge in [-0.25, -0.2) is 14.4 Å². The number of benzene rings is 1. The van der Waals surface area contributed by atoms with Crippen LogP contribution in [0.3, 0.4) is 0 Å². The van der Waals surface area contributed by atoms with Gasteiger partial charge in [-0.1, -0.05) is 6.07 Å². The highest BCUT2D eigenvalue weighted by Crippen LogP contribution is 2.39. The monoisotopic (exact) mass is 561 g/mol. The lowest BCUT2D eigenvalue weighted by molar-refractivity contribution is -0.0928. The van der Waals surface area contributed by atoms with Crippen molar-refractivity contribution in [2.75, 3.05) is 44.0 Å². The van der Waals surface area contributed by atoms with Gasteiger partial charge in [0.1, 0.15) is 29.6 Å². The van der Waals surface area contributed by atoms with Gasteiger partial charge in [-0.3, -0.25) is 9.72 Å². The number of hydrogen-bond acceptors (Lipinski definition) is 9. The lowest BCUT2D eigenvalue weighted by Crippen LogP contribution is -2.52. The molecule has 6 rings (SSSR count). The van der Waals surface area contributed by atoms with Crippen LogP contribution in [0.5, 0.6) is 0 Å².